The first kappa shape index (κ1) is 17.5. The number of likely N-dealkylation sites (N-methyl/N-ethyl adjacent to an activating group) is 1. The molecule has 2 heterocycles. The quantitative estimate of drug-likeness (QED) is 0.846. The third-order valence-corrected chi connectivity index (χ3v) is 3.84. The van der Waals surface area contributed by atoms with Crippen molar-refractivity contribution in [3.05, 3.63) is 24.0 Å². The molecule has 0 aliphatic carbocycles. The SMILES string of the molecule is CN(CC(=O)c1ccc[nH]1)CC1CCCN1C(=O)OC(C)(C)C. The summed E-state index contributed by atoms with van der Waals surface area (Å²) in [6.45, 7) is 7.34. The number of carbonyl (C=O) groups is 2. The van der Waals surface area contributed by atoms with Crippen LogP contribution < -0.4 is 0 Å². The Morgan fingerprint density at radius 3 is 2.78 bits per heavy atom. The number of H-pyrrole nitrogens is 1. The van der Waals surface area contributed by atoms with Gasteiger partial charge in [-0.3, -0.25) is 9.69 Å². The minimum Gasteiger partial charge on any atom is -0.444 e. The zero-order valence-corrected chi connectivity index (χ0v) is 14.5. The molecule has 0 aromatic carbocycles. The summed E-state index contributed by atoms with van der Waals surface area (Å²) in [5.41, 5.74) is 0.131. The summed E-state index contributed by atoms with van der Waals surface area (Å²) >= 11 is 0. The smallest absolute Gasteiger partial charge is 0.410 e. The number of ketones is 1. The van der Waals surface area contributed by atoms with Crippen molar-refractivity contribution in [3.8, 4) is 0 Å². The number of ether oxygens (including phenoxy) is 1. The molecule has 0 bridgehead atoms. The van der Waals surface area contributed by atoms with Crippen molar-refractivity contribution in [2.24, 2.45) is 0 Å². The largest absolute Gasteiger partial charge is 0.444 e. The van der Waals surface area contributed by atoms with Gasteiger partial charge in [-0.2, -0.15) is 0 Å². The molecule has 23 heavy (non-hydrogen) atoms. The van der Waals surface area contributed by atoms with Gasteiger partial charge in [-0.1, -0.05) is 0 Å². The number of aromatic amines is 1. The Hall–Kier alpha value is -1.82. The molecule has 1 amide bonds. The molecule has 0 spiro atoms. The number of amides is 1. The summed E-state index contributed by atoms with van der Waals surface area (Å²) in [7, 11) is 1.91. The highest BCUT2D eigenvalue weighted by atomic mass is 16.6. The summed E-state index contributed by atoms with van der Waals surface area (Å²) in [4.78, 5) is 31.1. The van der Waals surface area contributed by atoms with Crippen LogP contribution in [0.2, 0.25) is 0 Å². The molecule has 0 radical (unpaired) electrons. The van der Waals surface area contributed by atoms with Gasteiger partial charge in [0.05, 0.1) is 12.2 Å². The molecule has 1 aromatic rings. The van der Waals surface area contributed by atoms with E-state index in [9.17, 15) is 9.59 Å². The van der Waals surface area contributed by atoms with E-state index in [4.69, 9.17) is 4.74 Å². The van der Waals surface area contributed by atoms with Crippen molar-refractivity contribution >= 4 is 11.9 Å². The second-order valence-electron chi connectivity index (χ2n) is 7.17. The van der Waals surface area contributed by atoms with E-state index >= 15 is 0 Å². The lowest BCUT2D eigenvalue weighted by Gasteiger charge is -2.30. The summed E-state index contributed by atoms with van der Waals surface area (Å²) in [5, 5.41) is 0. The molecule has 0 saturated carbocycles. The highest BCUT2D eigenvalue weighted by Gasteiger charge is 2.32. The predicted octanol–water partition coefficient (Wildman–Crippen LogP) is 2.53. The third kappa shape index (κ3) is 5.10. The molecule has 1 unspecified atom stereocenters. The first-order chi connectivity index (χ1) is 10.8. The average molecular weight is 321 g/mol. The van der Waals surface area contributed by atoms with Crippen LogP contribution in [0.5, 0.6) is 0 Å². The number of hydrogen-bond donors (Lipinski definition) is 1. The summed E-state index contributed by atoms with van der Waals surface area (Å²) in [5.74, 6) is 0.0549. The molecule has 1 fully saturated rings. The number of nitrogens with one attached hydrogen (secondary N) is 1. The van der Waals surface area contributed by atoms with Crippen LogP contribution in [0.1, 0.15) is 44.1 Å². The molecule has 1 aromatic heterocycles. The molecular formula is C17H27N3O3. The molecule has 1 N–H and O–H groups in total. The van der Waals surface area contributed by atoms with Crippen LogP contribution in [0.3, 0.4) is 0 Å². The Balaban J connectivity index is 1.88. The highest BCUT2D eigenvalue weighted by Crippen LogP contribution is 2.21. The number of nitrogens with zero attached hydrogens (tertiary/aromatic N) is 2. The Morgan fingerprint density at radius 2 is 2.17 bits per heavy atom. The number of Topliss-reactive ketones (excluding diaryl/α,β-unsaturated/α-hetero) is 1. The summed E-state index contributed by atoms with van der Waals surface area (Å²) in [6, 6.07) is 3.69. The second-order valence-corrected chi connectivity index (χ2v) is 7.17. The molecule has 2 rings (SSSR count). The van der Waals surface area contributed by atoms with Crippen molar-refractivity contribution in [1.29, 1.82) is 0 Å². The van der Waals surface area contributed by atoms with Crippen LogP contribution in [-0.2, 0) is 4.74 Å². The van der Waals surface area contributed by atoms with Crippen LogP contribution in [0.15, 0.2) is 18.3 Å². The number of hydrogen-bond acceptors (Lipinski definition) is 4. The van der Waals surface area contributed by atoms with Crippen LogP contribution >= 0.6 is 0 Å². The van der Waals surface area contributed by atoms with Crippen molar-refractivity contribution in [1.82, 2.24) is 14.8 Å². The molecule has 1 aliphatic heterocycles. The van der Waals surface area contributed by atoms with Gasteiger partial charge in [0.15, 0.2) is 5.78 Å². The highest BCUT2D eigenvalue weighted by molar-refractivity contribution is 5.95. The van der Waals surface area contributed by atoms with E-state index in [-0.39, 0.29) is 17.9 Å². The maximum absolute atomic E-state index is 12.3. The molecule has 6 heteroatoms. The predicted molar refractivity (Wildman–Crippen MR) is 88.6 cm³/mol. The minimum absolute atomic E-state index is 0.0549. The summed E-state index contributed by atoms with van der Waals surface area (Å²) < 4.78 is 5.47. The number of aromatic nitrogens is 1. The number of likely N-dealkylation sites (tertiary alicyclic amines) is 1. The van der Waals surface area contributed by atoms with E-state index in [0.29, 0.717) is 18.8 Å². The monoisotopic (exact) mass is 321 g/mol. The second kappa shape index (κ2) is 7.17. The Bertz CT molecular complexity index is 534. The standard InChI is InChI=1S/C17H27N3O3/c1-17(2,3)23-16(22)20-10-6-7-13(20)11-19(4)12-15(21)14-8-5-9-18-14/h5,8-9,13,18H,6-7,10-12H2,1-4H3. The molecule has 6 nitrogen and oxygen atoms in total. The molecular weight excluding hydrogens is 294 g/mol. The summed E-state index contributed by atoms with van der Waals surface area (Å²) in [6.07, 6.45) is 3.40. The molecule has 1 atom stereocenters. The average Bonchev–Trinajstić information content (AvgIpc) is 3.06. The maximum Gasteiger partial charge on any atom is 0.410 e. The van der Waals surface area contributed by atoms with E-state index < -0.39 is 5.60 Å². The molecule has 128 valence electrons. The van der Waals surface area contributed by atoms with Crippen molar-refractivity contribution in [3.63, 3.8) is 0 Å². The maximum atomic E-state index is 12.3. The fourth-order valence-electron chi connectivity index (χ4n) is 2.84. The van der Waals surface area contributed by atoms with E-state index in [1.807, 2.05) is 38.8 Å². The Morgan fingerprint density at radius 1 is 1.43 bits per heavy atom. The van der Waals surface area contributed by atoms with Gasteiger partial charge in [-0.15, -0.1) is 0 Å². The lowest BCUT2D eigenvalue weighted by Crippen LogP contribution is -2.45. The van der Waals surface area contributed by atoms with Gasteiger partial charge in [0, 0.05) is 25.3 Å². The normalized spacial score (nSPS) is 18.5. The topological polar surface area (TPSA) is 65.6 Å². The van der Waals surface area contributed by atoms with Gasteiger partial charge in [0.25, 0.3) is 0 Å². The van der Waals surface area contributed by atoms with Crippen LogP contribution in [0.25, 0.3) is 0 Å². The van der Waals surface area contributed by atoms with Gasteiger partial charge in [-0.05, 0) is 52.8 Å². The van der Waals surface area contributed by atoms with E-state index in [2.05, 4.69) is 4.98 Å². The number of rotatable bonds is 5. The van der Waals surface area contributed by atoms with Gasteiger partial charge in [0.2, 0.25) is 0 Å². The molecule has 1 aliphatic rings. The van der Waals surface area contributed by atoms with Crippen LogP contribution in [0.4, 0.5) is 4.79 Å². The lowest BCUT2D eigenvalue weighted by atomic mass is 10.2. The zero-order valence-electron chi connectivity index (χ0n) is 14.5. The van der Waals surface area contributed by atoms with E-state index in [1.165, 1.54) is 0 Å². The number of carbonyl (C=O) groups excluding carboxylic acids is 2. The van der Waals surface area contributed by atoms with Crippen molar-refractivity contribution in [2.75, 3.05) is 26.7 Å². The van der Waals surface area contributed by atoms with Gasteiger partial charge in [-0.25, -0.2) is 4.79 Å². The third-order valence-electron chi connectivity index (χ3n) is 3.84. The van der Waals surface area contributed by atoms with Crippen LogP contribution in [-0.4, -0.2) is 65.0 Å². The molecule has 1 saturated heterocycles. The Kier molecular flexibility index (Phi) is 5.46. The van der Waals surface area contributed by atoms with Gasteiger partial charge >= 0.3 is 6.09 Å². The van der Waals surface area contributed by atoms with Gasteiger partial charge < -0.3 is 14.6 Å². The first-order valence-corrected chi connectivity index (χ1v) is 8.11. The minimum atomic E-state index is -0.486. The lowest BCUT2D eigenvalue weighted by molar-refractivity contribution is 0.0205. The van der Waals surface area contributed by atoms with Crippen molar-refractivity contribution in [2.45, 2.75) is 45.3 Å². The van der Waals surface area contributed by atoms with Crippen LogP contribution in [0, 0.1) is 0 Å². The van der Waals surface area contributed by atoms with Gasteiger partial charge in [0.1, 0.15) is 5.60 Å². The van der Waals surface area contributed by atoms with E-state index in [0.717, 1.165) is 19.4 Å². The first-order valence-electron chi connectivity index (χ1n) is 8.11. The van der Waals surface area contributed by atoms with E-state index in [1.54, 1.807) is 17.2 Å². The fourth-order valence-corrected chi connectivity index (χ4v) is 2.84. The fraction of sp³-hybridized carbons (Fsp3) is 0.647. The zero-order chi connectivity index (χ0) is 17.0. The Labute approximate surface area is 137 Å². The van der Waals surface area contributed by atoms with Crippen molar-refractivity contribution < 1.29 is 14.3 Å².